The number of ether oxygens (including phenoxy) is 1. The molecule has 0 aliphatic carbocycles. The molecule has 0 unspecified atom stereocenters. The molecular weight excluding hydrogens is 204 g/mol. The molecular formula is C10H13F2NO2. The Bertz CT molecular complexity index is 386. The lowest BCUT2D eigenvalue weighted by molar-refractivity contribution is 0.335. The third-order valence-electron chi connectivity index (χ3n) is 2.01. The first-order valence-electron chi connectivity index (χ1n) is 4.33. The number of aromatic hydroxyl groups is 1. The molecule has 3 N–H and O–H groups in total. The molecule has 0 radical (unpaired) electrons. The van der Waals surface area contributed by atoms with E-state index in [9.17, 15) is 13.9 Å². The van der Waals surface area contributed by atoms with Crippen LogP contribution in [0.1, 0.15) is 19.4 Å². The maximum atomic E-state index is 13.4. The SMILES string of the molecule is COc1c(F)cc(F)c(C(C)(C)N)c1O. The highest BCUT2D eigenvalue weighted by Gasteiger charge is 2.28. The Labute approximate surface area is 86.5 Å². The van der Waals surface area contributed by atoms with Crippen LogP contribution >= 0.6 is 0 Å². The second-order valence-electron chi connectivity index (χ2n) is 3.82. The van der Waals surface area contributed by atoms with Gasteiger partial charge in [0.15, 0.2) is 17.3 Å². The van der Waals surface area contributed by atoms with Crippen LogP contribution < -0.4 is 10.5 Å². The standard InChI is InChI=1S/C10H13F2NO2/c1-10(2,13)7-5(11)4-6(12)9(15-3)8(7)14/h4,14H,13H2,1-3H3. The Morgan fingerprint density at radius 2 is 1.87 bits per heavy atom. The zero-order chi connectivity index (χ0) is 11.8. The second kappa shape index (κ2) is 3.66. The summed E-state index contributed by atoms with van der Waals surface area (Å²) in [6.07, 6.45) is 0. The van der Waals surface area contributed by atoms with E-state index in [4.69, 9.17) is 5.73 Å². The highest BCUT2D eigenvalue weighted by Crippen LogP contribution is 2.39. The molecule has 0 saturated carbocycles. The summed E-state index contributed by atoms with van der Waals surface area (Å²) >= 11 is 0. The first-order chi connectivity index (χ1) is 6.79. The van der Waals surface area contributed by atoms with Crippen LogP contribution in [0.2, 0.25) is 0 Å². The normalized spacial score (nSPS) is 11.6. The largest absolute Gasteiger partial charge is 0.504 e. The summed E-state index contributed by atoms with van der Waals surface area (Å²) in [7, 11) is 1.18. The van der Waals surface area contributed by atoms with Gasteiger partial charge in [-0.15, -0.1) is 0 Å². The number of phenols is 1. The van der Waals surface area contributed by atoms with Gasteiger partial charge in [0.2, 0.25) is 0 Å². The van der Waals surface area contributed by atoms with Crippen LogP contribution in [0.5, 0.6) is 11.5 Å². The fourth-order valence-electron chi connectivity index (χ4n) is 1.40. The van der Waals surface area contributed by atoms with Crippen LogP contribution in [0, 0.1) is 11.6 Å². The van der Waals surface area contributed by atoms with Gasteiger partial charge in [0.25, 0.3) is 0 Å². The van der Waals surface area contributed by atoms with Crippen molar-refractivity contribution >= 4 is 0 Å². The van der Waals surface area contributed by atoms with E-state index in [2.05, 4.69) is 4.74 Å². The minimum atomic E-state index is -1.12. The van der Waals surface area contributed by atoms with Gasteiger partial charge < -0.3 is 15.6 Å². The number of hydrogen-bond donors (Lipinski definition) is 2. The van der Waals surface area contributed by atoms with Gasteiger partial charge in [-0.2, -0.15) is 0 Å². The molecule has 0 bridgehead atoms. The fourth-order valence-corrected chi connectivity index (χ4v) is 1.40. The van der Waals surface area contributed by atoms with E-state index in [1.807, 2.05) is 0 Å². The Morgan fingerprint density at radius 1 is 1.33 bits per heavy atom. The van der Waals surface area contributed by atoms with Crippen molar-refractivity contribution in [1.82, 2.24) is 0 Å². The van der Waals surface area contributed by atoms with Crippen molar-refractivity contribution in [1.29, 1.82) is 0 Å². The lowest BCUT2D eigenvalue weighted by Crippen LogP contribution is -2.30. The van der Waals surface area contributed by atoms with Gasteiger partial charge >= 0.3 is 0 Å². The van der Waals surface area contributed by atoms with Gasteiger partial charge in [-0.25, -0.2) is 8.78 Å². The molecule has 0 fully saturated rings. The van der Waals surface area contributed by atoms with Gasteiger partial charge in [0.05, 0.1) is 12.7 Å². The first-order valence-corrected chi connectivity index (χ1v) is 4.33. The molecule has 1 aromatic rings. The minimum Gasteiger partial charge on any atom is -0.504 e. The maximum Gasteiger partial charge on any atom is 0.197 e. The summed E-state index contributed by atoms with van der Waals surface area (Å²) in [5.41, 5.74) is 4.37. The maximum absolute atomic E-state index is 13.4. The summed E-state index contributed by atoms with van der Waals surface area (Å²) in [6, 6.07) is 0.641. The minimum absolute atomic E-state index is 0.166. The summed E-state index contributed by atoms with van der Waals surface area (Å²) in [5.74, 6) is -2.84. The van der Waals surface area contributed by atoms with Crippen LogP contribution in [0.15, 0.2) is 6.07 Å². The van der Waals surface area contributed by atoms with Crippen molar-refractivity contribution in [2.75, 3.05) is 7.11 Å². The Morgan fingerprint density at radius 3 is 2.27 bits per heavy atom. The van der Waals surface area contributed by atoms with E-state index in [0.717, 1.165) is 0 Å². The van der Waals surface area contributed by atoms with Crippen LogP contribution in [-0.2, 0) is 5.54 Å². The van der Waals surface area contributed by atoms with E-state index in [-0.39, 0.29) is 5.56 Å². The molecule has 0 aromatic heterocycles. The first kappa shape index (κ1) is 11.7. The van der Waals surface area contributed by atoms with Crippen LogP contribution in [0.4, 0.5) is 8.78 Å². The summed E-state index contributed by atoms with van der Waals surface area (Å²) in [6.45, 7) is 3.00. The molecule has 0 atom stereocenters. The van der Waals surface area contributed by atoms with Crippen molar-refractivity contribution < 1.29 is 18.6 Å². The Balaban J connectivity index is 3.53. The number of phenolic OH excluding ortho intramolecular Hbond substituents is 1. The van der Waals surface area contributed by atoms with Crippen molar-refractivity contribution in [3.8, 4) is 11.5 Å². The van der Waals surface area contributed by atoms with Gasteiger partial charge in [-0.05, 0) is 13.8 Å². The third-order valence-corrected chi connectivity index (χ3v) is 2.01. The zero-order valence-electron chi connectivity index (χ0n) is 8.77. The number of hydrogen-bond acceptors (Lipinski definition) is 3. The van der Waals surface area contributed by atoms with E-state index >= 15 is 0 Å². The highest BCUT2D eigenvalue weighted by atomic mass is 19.1. The van der Waals surface area contributed by atoms with Crippen LogP contribution in [0.3, 0.4) is 0 Å². The van der Waals surface area contributed by atoms with Crippen molar-refractivity contribution in [2.24, 2.45) is 5.73 Å². The van der Waals surface area contributed by atoms with Crippen molar-refractivity contribution in [3.63, 3.8) is 0 Å². The summed E-state index contributed by atoms with van der Waals surface area (Å²) in [5, 5.41) is 9.60. The summed E-state index contributed by atoms with van der Waals surface area (Å²) < 4.78 is 31.1. The monoisotopic (exact) mass is 217 g/mol. The molecule has 3 nitrogen and oxygen atoms in total. The molecule has 0 heterocycles. The molecule has 84 valence electrons. The average molecular weight is 217 g/mol. The molecule has 0 spiro atoms. The van der Waals surface area contributed by atoms with E-state index in [1.54, 1.807) is 0 Å². The zero-order valence-corrected chi connectivity index (χ0v) is 8.77. The molecule has 1 rings (SSSR count). The summed E-state index contributed by atoms with van der Waals surface area (Å²) in [4.78, 5) is 0. The van der Waals surface area contributed by atoms with Crippen LogP contribution in [-0.4, -0.2) is 12.2 Å². The third kappa shape index (κ3) is 2.02. The Kier molecular flexibility index (Phi) is 2.86. The highest BCUT2D eigenvalue weighted by molar-refractivity contribution is 5.49. The van der Waals surface area contributed by atoms with Crippen molar-refractivity contribution in [2.45, 2.75) is 19.4 Å². The average Bonchev–Trinajstić information content (AvgIpc) is 2.00. The molecule has 0 aliphatic rings. The molecule has 0 saturated heterocycles. The predicted molar refractivity (Wildman–Crippen MR) is 51.8 cm³/mol. The number of nitrogens with two attached hydrogens (primary N) is 1. The molecule has 0 amide bonds. The molecule has 15 heavy (non-hydrogen) atoms. The Hall–Kier alpha value is -1.36. The molecule has 0 aliphatic heterocycles. The number of rotatable bonds is 2. The van der Waals surface area contributed by atoms with E-state index < -0.39 is 28.7 Å². The smallest absolute Gasteiger partial charge is 0.197 e. The fraction of sp³-hybridized carbons (Fsp3) is 0.400. The van der Waals surface area contributed by atoms with Gasteiger partial charge in [0, 0.05) is 11.6 Å². The number of benzene rings is 1. The number of methoxy groups -OCH3 is 1. The van der Waals surface area contributed by atoms with E-state index in [0.29, 0.717) is 6.07 Å². The van der Waals surface area contributed by atoms with Crippen molar-refractivity contribution in [3.05, 3.63) is 23.3 Å². The van der Waals surface area contributed by atoms with Crippen LogP contribution in [0.25, 0.3) is 0 Å². The number of halogens is 2. The molecule has 1 aromatic carbocycles. The van der Waals surface area contributed by atoms with E-state index in [1.165, 1.54) is 21.0 Å². The lowest BCUT2D eigenvalue weighted by atomic mass is 9.93. The lowest BCUT2D eigenvalue weighted by Gasteiger charge is -2.22. The quantitative estimate of drug-likeness (QED) is 0.795. The topological polar surface area (TPSA) is 55.5 Å². The van der Waals surface area contributed by atoms with Gasteiger partial charge in [-0.3, -0.25) is 0 Å². The van der Waals surface area contributed by atoms with Gasteiger partial charge in [-0.1, -0.05) is 0 Å². The molecule has 5 heteroatoms. The predicted octanol–water partition coefficient (Wildman–Crippen LogP) is 1.87. The van der Waals surface area contributed by atoms with Gasteiger partial charge in [0.1, 0.15) is 5.82 Å². The second-order valence-corrected chi connectivity index (χ2v) is 3.82.